The number of pyridine rings is 1. The molecule has 27 heavy (non-hydrogen) atoms. The number of carboxylic acids is 1. The number of carboxylic acid groups (broad SMARTS) is 1. The van der Waals surface area contributed by atoms with Gasteiger partial charge in [0.15, 0.2) is 0 Å². The Labute approximate surface area is 154 Å². The number of nitro groups is 1. The van der Waals surface area contributed by atoms with Gasteiger partial charge in [0, 0.05) is 10.9 Å². The zero-order chi connectivity index (χ0) is 19.4. The number of aromatic carboxylic acids is 1. The Morgan fingerprint density at radius 2 is 1.93 bits per heavy atom. The molecule has 0 fully saturated rings. The minimum absolute atomic E-state index is 0.165. The molecule has 8 nitrogen and oxygen atoms in total. The average molecular weight is 364 g/mol. The van der Waals surface area contributed by atoms with Crippen LogP contribution in [0.5, 0.6) is 0 Å². The molecule has 0 saturated carbocycles. The number of fused-ring (bicyclic) bond motifs is 1. The van der Waals surface area contributed by atoms with Crippen LogP contribution in [0.2, 0.25) is 0 Å². The van der Waals surface area contributed by atoms with Crippen molar-refractivity contribution in [2.24, 2.45) is 5.10 Å². The van der Waals surface area contributed by atoms with Gasteiger partial charge in [0.1, 0.15) is 0 Å². The Balaban J connectivity index is 1.93. The van der Waals surface area contributed by atoms with E-state index in [2.05, 4.69) is 15.5 Å². The molecule has 0 radical (unpaired) electrons. The van der Waals surface area contributed by atoms with Crippen LogP contribution in [0.1, 0.15) is 23.7 Å². The average Bonchev–Trinajstić information content (AvgIpc) is 2.67. The van der Waals surface area contributed by atoms with E-state index < -0.39 is 10.9 Å². The number of hydrogen-bond donors (Lipinski definition) is 2. The lowest BCUT2D eigenvalue weighted by molar-refractivity contribution is -0.353. The van der Waals surface area contributed by atoms with Gasteiger partial charge in [-0.15, -0.1) is 0 Å². The number of carbonyl (C=O) groups is 1. The molecule has 0 bridgehead atoms. The van der Waals surface area contributed by atoms with Crippen molar-refractivity contribution in [3.63, 3.8) is 0 Å². The number of nitrogens with one attached hydrogen (secondary N) is 1. The van der Waals surface area contributed by atoms with E-state index >= 15 is 0 Å². The van der Waals surface area contributed by atoms with E-state index in [9.17, 15) is 20.0 Å². The van der Waals surface area contributed by atoms with Gasteiger partial charge < -0.3 is 15.2 Å². The molecule has 2 N–H and O–H groups in total. The number of nitrogens with zero attached hydrogens (tertiary/aromatic N) is 3. The van der Waals surface area contributed by atoms with Crippen molar-refractivity contribution >= 4 is 28.4 Å². The summed E-state index contributed by atoms with van der Waals surface area (Å²) < 4.78 is 0. The SMILES string of the molecule is CC/C(=N/Nc1ccc(-c2cc(C(=O)O)c3ccccc3n2)cc1)[N+](=O)[O-]. The lowest BCUT2D eigenvalue weighted by Crippen LogP contribution is -2.12. The number of hydrogen-bond acceptors (Lipinski definition) is 6. The third kappa shape index (κ3) is 3.90. The summed E-state index contributed by atoms with van der Waals surface area (Å²) in [5.74, 6) is -1.18. The van der Waals surface area contributed by atoms with Crippen molar-refractivity contribution in [3.8, 4) is 11.3 Å². The van der Waals surface area contributed by atoms with Gasteiger partial charge in [-0.25, -0.2) is 9.78 Å². The van der Waals surface area contributed by atoms with Crippen LogP contribution in [0.4, 0.5) is 5.69 Å². The largest absolute Gasteiger partial charge is 0.478 e. The maximum absolute atomic E-state index is 11.6. The van der Waals surface area contributed by atoms with Crippen LogP contribution < -0.4 is 5.43 Å². The highest BCUT2D eigenvalue weighted by molar-refractivity contribution is 6.03. The van der Waals surface area contributed by atoms with Crippen molar-refractivity contribution in [3.05, 3.63) is 70.3 Å². The number of aromatic nitrogens is 1. The second-order valence-corrected chi connectivity index (χ2v) is 5.71. The molecule has 136 valence electrons. The maximum Gasteiger partial charge on any atom is 0.363 e. The first-order valence-electron chi connectivity index (χ1n) is 8.20. The molecule has 8 heteroatoms. The summed E-state index contributed by atoms with van der Waals surface area (Å²) in [5, 5.41) is 24.6. The van der Waals surface area contributed by atoms with E-state index in [1.807, 2.05) is 0 Å². The van der Waals surface area contributed by atoms with Crippen LogP contribution in [-0.4, -0.2) is 26.8 Å². The lowest BCUT2D eigenvalue weighted by Gasteiger charge is -2.07. The summed E-state index contributed by atoms with van der Waals surface area (Å²) >= 11 is 0. The third-order valence-electron chi connectivity index (χ3n) is 3.97. The molecule has 0 saturated heterocycles. The standard InChI is InChI=1S/C19H16N4O4/c1-2-18(23(26)27)22-21-13-9-7-12(8-10-13)17-11-15(19(24)25)14-5-3-4-6-16(14)20-17/h3-11,21H,2H2,1H3,(H,24,25)/b22-18-. The predicted molar refractivity (Wildman–Crippen MR) is 102 cm³/mol. The van der Waals surface area contributed by atoms with Gasteiger partial charge in [-0.2, -0.15) is 5.43 Å². The molecule has 0 aliphatic heterocycles. The number of rotatable bonds is 5. The van der Waals surface area contributed by atoms with E-state index in [0.717, 1.165) is 5.56 Å². The zero-order valence-corrected chi connectivity index (χ0v) is 14.4. The van der Waals surface area contributed by atoms with E-state index in [1.54, 1.807) is 55.5 Å². The third-order valence-corrected chi connectivity index (χ3v) is 3.97. The molecular weight excluding hydrogens is 348 g/mol. The summed E-state index contributed by atoms with van der Waals surface area (Å²) in [6.07, 6.45) is 0.205. The van der Waals surface area contributed by atoms with Crippen molar-refractivity contribution in [2.75, 3.05) is 5.43 Å². The van der Waals surface area contributed by atoms with E-state index in [0.29, 0.717) is 22.3 Å². The van der Waals surface area contributed by atoms with Crippen molar-refractivity contribution in [2.45, 2.75) is 13.3 Å². The molecule has 2 aromatic carbocycles. The van der Waals surface area contributed by atoms with Crippen molar-refractivity contribution < 1.29 is 14.8 Å². The Morgan fingerprint density at radius 1 is 1.22 bits per heavy atom. The first-order valence-corrected chi connectivity index (χ1v) is 8.20. The molecule has 1 heterocycles. The fraction of sp³-hybridized carbons (Fsp3) is 0.105. The number of para-hydroxylation sites is 1. The summed E-state index contributed by atoms with van der Waals surface area (Å²) in [6, 6.07) is 15.5. The quantitative estimate of drug-likeness (QED) is 0.306. The highest BCUT2D eigenvalue weighted by Gasteiger charge is 2.13. The van der Waals surface area contributed by atoms with E-state index in [-0.39, 0.29) is 17.8 Å². The molecule has 0 atom stereocenters. The minimum Gasteiger partial charge on any atom is -0.478 e. The molecule has 0 spiro atoms. The van der Waals surface area contributed by atoms with E-state index in [1.165, 1.54) is 6.07 Å². The Hall–Kier alpha value is -3.81. The molecule has 0 amide bonds. The Morgan fingerprint density at radius 3 is 2.56 bits per heavy atom. The van der Waals surface area contributed by atoms with Gasteiger partial charge >= 0.3 is 11.8 Å². The molecule has 0 aliphatic rings. The number of anilines is 1. The van der Waals surface area contributed by atoms with Gasteiger partial charge in [-0.3, -0.25) is 0 Å². The van der Waals surface area contributed by atoms with Gasteiger partial charge in [-0.1, -0.05) is 37.3 Å². The summed E-state index contributed by atoms with van der Waals surface area (Å²) in [4.78, 5) is 26.3. The van der Waals surface area contributed by atoms with Crippen LogP contribution in [0.25, 0.3) is 22.2 Å². The molecule has 3 aromatic rings. The number of hydrazone groups is 1. The Bertz CT molecular complexity index is 1050. The van der Waals surface area contributed by atoms with Crippen LogP contribution in [-0.2, 0) is 0 Å². The fourth-order valence-corrected chi connectivity index (χ4v) is 2.59. The second kappa shape index (κ2) is 7.61. The summed E-state index contributed by atoms with van der Waals surface area (Å²) in [6.45, 7) is 1.65. The zero-order valence-electron chi connectivity index (χ0n) is 14.4. The van der Waals surface area contributed by atoms with Crippen molar-refractivity contribution in [1.29, 1.82) is 0 Å². The van der Waals surface area contributed by atoms with Crippen LogP contribution in [0, 0.1) is 10.1 Å². The van der Waals surface area contributed by atoms with Crippen LogP contribution >= 0.6 is 0 Å². The van der Waals surface area contributed by atoms with E-state index in [4.69, 9.17) is 0 Å². The van der Waals surface area contributed by atoms with Gasteiger partial charge in [0.25, 0.3) is 0 Å². The Kier molecular flexibility index (Phi) is 5.07. The molecular formula is C19H16N4O4. The van der Waals surface area contributed by atoms with Crippen molar-refractivity contribution in [1.82, 2.24) is 4.98 Å². The highest BCUT2D eigenvalue weighted by Crippen LogP contribution is 2.26. The predicted octanol–water partition coefficient (Wildman–Crippen LogP) is 4.01. The number of amidine groups is 1. The minimum atomic E-state index is -1.02. The lowest BCUT2D eigenvalue weighted by atomic mass is 10.0. The van der Waals surface area contributed by atoms with Crippen LogP contribution in [0.15, 0.2) is 59.7 Å². The van der Waals surface area contributed by atoms with Gasteiger partial charge in [0.2, 0.25) is 0 Å². The molecule has 3 rings (SSSR count). The molecule has 0 aliphatic carbocycles. The maximum atomic E-state index is 11.6. The normalized spacial score (nSPS) is 11.4. The highest BCUT2D eigenvalue weighted by atomic mass is 16.6. The van der Waals surface area contributed by atoms with Crippen LogP contribution in [0.3, 0.4) is 0 Å². The van der Waals surface area contributed by atoms with Gasteiger partial charge in [0.05, 0.1) is 34.0 Å². The second-order valence-electron chi connectivity index (χ2n) is 5.71. The fourth-order valence-electron chi connectivity index (χ4n) is 2.59. The monoisotopic (exact) mass is 364 g/mol. The molecule has 0 unspecified atom stereocenters. The smallest absolute Gasteiger partial charge is 0.363 e. The summed E-state index contributed by atoms with van der Waals surface area (Å²) in [7, 11) is 0. The number of benzene rings is 2. The molecule has 1 aromatic heterocycles. The van der Waals surface area contributed by atoms with Gasteiger partial charge in [-0.05, 0) is 29.2 Å². The summed E-state index contributed by atoms with van der Waals surface area (Å²) in [5.41, 5.74) is 5.25. The topological polar surface area (TPSA) is 118 Å². The first-order chi connectivity index (χ1) is 13.0. The first kappa shape index (κ1) is 18.0.